The first-order valence-electron chi connectivity index (χ1n) is 9.18. The first kappa shape index (κ1) is 19.2. The van der Waals surface area contributed by atoms with Crippen LogP contribution in [-0.4, -0.2) is 10.2 Å². The third-order valence-electron chi connectivity index (χ3n) is 4.66. The Bertz CT molecular complexity index is 1140. The van der Waals surface area contributed by atoms with Gasteiger partial charge in [-0.05, 0) is 66.9 Å². The zero-order valence-corrected chi connectivity index (χ0v) is 16.7. The van der Waals surface area contributed by atoms with E-state index < -0.39 is 0 Å². The SMILES string of the molecule is Cc1ccc(C)c(N[C@@H](c2ccc(Cl)cc2)c2nnc(-c3cccc(F)c3)o2)c1. The van der Waals surface area contributed by atoms with Crippen LogP contribution in [0.2, 0.25) is 5.02 Å². The molecule has 1 atom stereocenters. The van der Waals surface area contributed by atoms with Gasteiger partial charge >= 0.3 is 0 Å². The molecule has 4 aromatic rings. The molecule has 4 rings (SSSR count). The standard InChI is InChI=1S/C23H19ClFN3O/c1-14-6-7-15(2)20(12-14)26-21(16-8-10-18(24)11-9-16)23-28-27-22(29-23)17-4-3-5-19(25)13-17/h3-13,21,26H,1-2H3/t21-/m0/s1. The number of hydrogen-bond donors (Lipinski definition) is 1. The first-order valence-corrected chi connectivity index (χ1v) is 9.56. The summed E-state index contributed by atoms with van der Waals surface area (Å²) in [6.07, 6.45) is 0. The monoisotopic (exact) mass is 407 g/mol. The fourth-order valence-corrected chi connectivity index (χ4v) is 3.21. The zero-order chi connectivity index (χ0) is 20.4. The van der Waals surface area contributed by atoms with Gasteiger partial charge in [0.25, 0.3) is 0 Å². The quantitative estimate of drug-likeness (QED) is 0.419. The number of benzene rings is 3. The number of rotatable bonds is 5. The zero-order valence-electron chi connectivity index (χ0n) is 16.0. The van der Waals surface area contributed by atoms with Gasteiger partial charge in [-0.2, -0.15) is 0 Å². The molecule has 0 saturated carbocycles. The van der Waals surface area contributed by atoms with Crippen LogP contribution in [0, 0.1) is 19.7 Å². The van der Waals surface area contributed by atoms with Crippen LogP contribution < -0.4 is 5.32 Å². The molecular weight excluding hydrogens is 389 g/mol. The highest BCUT2D eigenvalue weighted by molar-refractivity contribution is 6.30. The molecule has 0 unspecified atom stereocenters. The number of nitrogens with zero attached hydrogens (tertiary/aromatic N) is 2. The van der Waals surface area contributed by atoms with Gasteiger partial charge in [0.15, 0.2) is 0 Å². The van der Waals surface area contributed by atoms with E-state index in [1.165, 1.54) is 12.1 Å². The van der Waals surface area contributed by atoms with Crippen LogP contribution in [0.4, 0.5) is 10.1 Å². The van der Waals surface area contributed by atoms with E-state index in [0.717, 1.165) is 22.4 Å². The van der Waals surface area contributed by atoms with Crippen molar-refractivity contribution in [2.24, 2.45) is 0 Å². The first-order chi connectivity index (χ1) is 14.0. The molecular formula is C23H19ClFN3O. The normalized spacial score (nSPS) is 12.0. The molecule has 0 spiro atoms. The number of hydrogen-bond acceptors (Lipinski definition) is 4. The summed E-state index contributed by atoms with van der Waals surface area (Å²) in [4.78, 5) is 0. The molecule has 146 valence electrons. The summed E-state index contributed by atoms with van der Waals surface area (Å²) in [7, 11) is 0. The highest BCUT2D eigenvalue weighted by atomic mass is 35.5. The van der Waals surface area contributed by atoms with Crippen LogP contribution in [-0.2, 0) is 0 Å². The minimum atomic E-state index is -0.387. The molecule has 29 heavy (non-hydrogen) atoms. The number of anilines is 1. The Morgan fingerprint density at radius 2 is 1.76 bits per heavy atom. The number of aromatic nitrogens is 2. The summed E-state index contributed by atoms with van der Waals surface area (Å²) < 4.78 is 19.5. The van der Waals surface area contributed by atoms with Crippen LogP contribution in [0.15, 0.2) is 71.1 Å². The fourth-order valence-electron chi connectivity index (χ4n) is 3.08. The molecule has 0 bridgehead atoms. The van der Waals surface area contributed by atoms with Crippen molar-refractivity contribution in [3.63, 3.8) is 0 Å². The molecule has 1 N–H and O–H groups in total. The van der Waals surface area contributed by atoms with E-state index in [4.69, 9.17) is 16.0 Å². The van der Waals surface area contributed by atoms with Crippen molar-refractivity contribution in [2.45, 2.75) is 19.9 Å². The molecule has 6 heteroatoms. The van der Waals surface area contributed by atoms with Gasteiger partial charge < -0.3 is 9.73 Å². The van der Waals surface area contributed by atoms with Crippen molar-refractivity contribution in [3.8, 4) is 11.5 Å². The van der Waals surface area contributed by atoms with Gasteiger partial charge in [-0.1, -0.05) is 41.9 Å². The van der Waals surface area contributed by atoms with Crippen molar-refractivity contribution in [2.75, 3.05) is 5.32 Å². The topological polar surface area (TPSA) is 51.0 Å². The summed E-state index contributed by atoms with van der Waals surface area (Å²) in [6, 6.07) is 19.4. The third kappa shape index (κ3) is 4.30. The van der Waals surface area contributed by atoms with Crippen molar-refractivity contribution in [1.82, 2.24) is 10.2 Å². The second-order valence-corrected chi connectivity index (χ2v) is 7.34. The smallest absolute Gasteiger partial charge is 0.247 e. The van der Waals surface area contributed by atoms with Gasteiger partial charge in [0.1, 0.15) is 11.9 Å². The Balaban J connectivity index is 1.74. The number of aryl methyl sites for hydroxylation is 2. The second kappa shape index (κ2) is 8.05. The van der Waals surface area contributed by atoms with E-state index in [0.29, 0.717) is 16.5 Å². The largest absolute Gasteiger partial charge is 0.418 e. The Morgan fingerprint density at radius 3 is 2.52 bits per heavy atom. The van der Waals surface area contributed by atoms with Crippen molar-refractivity contribution < 1.29 is 8.81 Å². The van der Waals surface area contributed by atoms with Gasteiger partial charge in [-0.3, -0.25) is 0 Å². The molecule has 0 aliphatic heterocycles. The maximum absolute atomic E-state index is 13.6. The molecule has 0 saturated heterocycles. The minimum Gasteiger partial charge on any atom is -0.418 e. The molecule has 0 aliphatic rings. The van der Waals surface area contributed by atoms with E-state index in [1.807, 2.05) is 38.1 Å². The summed E-state index contributed by atoms with van der Waals surface area (Å²) in [6.45, 7) is 4.07. The molecule has 1 heterocycles. The molecule has 0 radical (unpaired) electrons. The second-order valence-electron chi connectivity index (χ2n) is 6.90. The predicted octanol–water partition coefficient (Wildman–Crippen LogP) is 6.35. The Hall–Kier alpha value is -3.18. The van der Waals surface area contributed by atoms with Crippen LogP contribution >= 0.6 is 11.6 Å². The number of halogens is 2. The van der Waals surface area contributed by atoms with Crippen molar-refractivity contribution in [1.29, 1.82) is 0 Å². The summed E-state index contributed by atoms with van der Waals surface area (Å²) in [5.41, 5.74) is 4.66. The predicted molar refractivity (Wildman–Crippen MR) is 113 cm³/mol. The Kier molecular flexibility index (Phi) is 5.32. The Morgan fingerprint density at radius 1 is 0.966 bits per heavy atom. The highest BCUT2D eigenvalue weighted by Crippen LogP contribution is 2.30. The van der Waals surface area contributed by atoms with Crippen LogP contribution in [0.3, 0.4) is 0 Å². The fraction of sp³-hybridized carbons (Fsp3) is 0.130. The van der Waals surface area contributed by atoms with E-state index in [1.54, 1.807) is 12.1 Å². The molecule has 1 aromatic heterocycles. The number of nitrogens with one attached hydrogen (secondary N) is 1. The van der Waals surface area contributed by atoms with E-state index in [9.17, 15) is 4.39 Å². The van der Waals surface area contributed by atoms with Gasteiger partial charge in [-0.25, -0.2) is 4.39 Å². The lowest BCUT2D eigenvalue weighted by Crippen LogP contribution is -2.13. The average molecular weight is 408 g/mol. The summed E-state index contributed by atoms with van der Waals surface area (Å²) in [5.74, 6) is 0.290. The van der Waals surface area contributed by atoms with Gasteiger partial charge in [0.2, 0.25) is 11.8 Å². The molecule has 4 nitrogen and oxygen atoms in total. The summed E-state index contributed by atoms with van der Waals surface area (Å²) >= 11 is 6.06. The highest BCUT2D eigenvalue weighted by Gasteiger charge is 2.22. The van der Waals surface area contributed by atoms with Crippen LogP contribution in [0.1, 0.15) is 28.6 Å². The van der Waals surface area contributed by atoms with Gasteiger partial charge in [0, 0.05) is 16.3 Å². The third-order valence-corrected chi connectivity index (χ3v) is 4.91. The summed E-state index contributed by atoms with van der Waals surface area (Å²) in [5, 5.41) is 12.5. The van der Waals surface area contributed by atoms with E-state index in [-0.39, 0.29) is 17.7 Å². The van der Waals surface area contributed by atoms with Crippen molar-refractivity contribution >= 4 is 17.3 Å². The van der Waals surface area contributed by atoms with Crippen molar-refractivity contribution in [3.05, 3.63) is 100 Å². The molecule has 3 aromatic carbocycles. The average Bonchev–Trinajstić information content (AvgIpc) is 3.19. The maximum atomic E-state index is 13.6. The molecule has 0 aliphatic carbocycles. The van der Waals surface area contributed by atoms with E-state index in [2.05, 4.69) is 33.7 Å². The lowest BCUT2D eigenvalue weighted by atomic mass is 10.0. The lowest BCUT2D eigenvalue weighted by molar-refractivity contribution is 0.493. The van der Waals surface area contributed by atoms with E-state index >= 15 is 0 Å². The van der Waals surface area contributed by atoms with Gasteiger partial charge in [-0.15, -0.1) is 10.2 Å². The Labute approximate surface area is 173 Å². The molecule has 0 amide bonds. The maximum Gasteiger partial charge on any atom is 0.247 e. The van der Waals surface area contributed by atoms with Crippen LogP contribution in [0.5, 0.6) is 0 Å². The minimum absolute atomic E-state index is 0.265. The van der Waals surface area contributed by atoms with Crippen LogP contribution in [0.25, 0.3) is 11.5 Å². The molecule has 0 fully saturated rings. The lowest BCUT2D eigenvalue weighted by Gasteiger charge is -2.19. The van der Waals surface area contributed by atoms with Gasteiger partial charge in [0.05, 0.1) is 0 Å².